The van der Waals surface area contributed by atoms with Gasteiger partial charge in [0.2, 0.25) is 0 Å². The van der Waals surface area contributed by atoms with Crippen LogP contribution in [0.4, 0.5) is 23.3 Å². The molecule has 0 amide bonds. The molecule has 9 N–H and O–H groups in total. The minimum Gasteiger partial charge on any atom is -0.490 e. The fourth-order valence-corrected chi connectivity index (χ4v) is 8.81. The molecule has 0 atom stereocenters. The van der Waals surface area contributed by atoms with E-state index in [0.717, 1.165) is 184 Å². The Kier molecular flexibility index (Phi) is 17.0. The number of aromatic nitrogens is 14. The zero-order valence-corrected chi connectivity index (χ0v) is 43.4. The van der Waals surface area contributed by atoms with Crippen molar-refractivity contribution >= 4 is 34.7 Å². The first-order chi connectivity index (χ1) is 35.3. The number of nitrogens with one attached hydrogen (secondary N) is 9. The Balaban J connectivity index is 0.000000114. The van der Waals surface area contributed by atoms with Crippen LogP contribution in [0, 0.1) is 48.5 Å². The molecule has 0 saturated heterocycles. The van der Waals surface area contributed by atoms with E-state index in [0.29, 0.717) is 19.1 Å². The van der Waals surface area contributed by atoms with Crippen LogP contribution in [0.2, 0.25) is 0 Å². The third-order valence-electron chi connectivity index (χ3n) is 12.6. The van der Waals surface area contributed by atoms with Crippen molar-refractivity contribution in [2.24, 2.45) is 0 Å². The van der Waals surface area contributed by atoms with Crippen molar-refractivity contribution in [2.45, 2.75) is 101 Å². The molecule has 7 aromatic rings. The van der Waals surface area contributed by atoms with Crippen molar-refractivity contribution in [3.05, 3.63) is 119 Å². The van der Waals surface area contributed by atoms with Gasteiger partial charge < -0.3 is 79.3 Å². The van der Waals surface area contributed by atoms with Crippen LogP contribution >= 0.6 is 0 Å². The van der Waals surface area contributed by atoms with E-state index < -0.39 is 0 Å². The van der Waals surface area contributed by atoms with Crippen LogP contribution in [-0.4, -0.2) is 121 Å². The molecule has 23 nitrogen and oxygen atoms in total. The fourth-order valence-electron chi connectivity index (χ4n) is 8.81. The first-order valence-electron chi connectivity index (χ1n) is 24.9. The van der Waals surface area contributed by atoms with Gasteiger partial charge in [-0.2, -0.15) is 4.98 Å². The second-order valence-corrected chi connectivity index (χ2v) is 18.0. The van der Waals surface area contributed by atoms with Crippen LogP contribution in [0.15, 0.2) is 50.2 Å². The molecule has 73 heavy (non-hydrogen) atoms. The summed E-state index contributed by atoms with van der Waals surface area (Å²) in [5.41, 5.74) is 7.88. The first-order valence-corrected chi connectivity index (χ1v) is 24.9. The van der Waals surface area contributed by atoms with Gasteiger partial charge in [-0.1, -0.05) is 19.7 Å². The van der Waals surface area contributed by atoms with E-state index in [9.17, 15) is 0 Å². The van der Waals surface area contributed by atoms with Gasteiger partial charge in [-0.3, -0.25) is 0 Å². The number of ether oxygens (including phenoxy) is 3. The topological polar surface area (TPSA) is 257 Å². The lowest BCUT2D eigenvalue weighted by Crippen LogP contribution is -2.28. The SMILES string of the molecule is C=C1CCc2[nH]c(C)nc2N1.C=C1NCCn2c1cnc2C.C=C1OCCn2c1cnc2C.Cc1nc2c([nH]1)NCCN2.Cc1nc2c([nH]1)NCCO2.Cc1ncc2n1CCNC2.Cc1ncc2n1CCOC2. The average Bonchev–Trinajstić information content (AvgIpc) is 4.29. The monoisotopic (exact) mass is 1000 g/mol. The van der Waals surface area contributed by atoms with Gasteiger partial charge in [-0.15, -0.1) is 0 Å². The smallest absolute Gasteiger partial charge is 0.257 e. The maximum atomic E-state index is 5.26. The lowest BCUT2D eigenvalue weighted by Gasteiger charge is -2.19. The maximum Gasteiger partial charge on any atom is 0.257 e. The van der Waals surface area contributed by atoms with Gasteiger partial charge in [0.1, 0.15) is 71.3 Å². The molecule has 7 aliphatic heterocycles. The molecule has 0 aromatic carbocycles. The Bertz CT molecular complexity index is 2760. The average molecular weight is 1000 g/mol. The van der Waals surface area contributed by atoms with Crippen LogP contribution < -0.4 is 36.6 Å². The summed E-state index contributed by atoms with van der Waals surface area (Å²) < 4.78 is 24.5. The molecule has 0 radical (unpaired) electrons. The molecule has 0 unspecified atom stereocenters. The Morgan fingerprint density at radius 3 is 1.86 bits per heavy atom. The predicted octanol–water partition coefficient (Wildman–Crippen LogP) is 5.64. The van der Waals surface area contributed by atoms with E-state index in [1.54, 1.807) is 6.20 Å². The van der Waals surface area contributed by atoms with E-state index in [2.05, 4.69) is 127 Å². The van der Waals surface area contributed by atoms with Crippen LogP contribution in [-0.2, 0) is 55.2 Å². The van der Waals surface area contributed by atoms with Crippen LogP contribution in [0.5, 0.6) is 5.88 Å². The van der Waals surface area contributed by atoms with Crippen molar-refractivity contribution in [1.82, 2.24) is 78.7 Å². The largest absolute Gasteiger partial charge is 0.490 e. The van der Waals surface area contributed by atoms with Crippen LogP contribution in [0.1, 0.15) is 75.7 Å². The standard InChI is InChI=1S/2C8H11N3.C8H10N2O.C7H11N3.C7H10N2O.C6H10N4.C6H9N3O/c1-6-8-5-10-7(2)11(8)4-3-9-6;1-5-3-4-7-8(9-5)11-6(2)10-7;1-6-8-5-9-7(2)10(8)3-4-11-6;1-6-9-5-7-4-8-2-3-10(6)7;1-6-8-4-7-5-10-3-2-9(6)7;1-4-9-5-6(10-4)8-3-2-7-5;1-4-8-5-6(9-4)10-3-2-7-5/h5,9H,1,3-4H2,2H3;9H,1,3-4H2,2H3,(H,10,11);5H,1,3-4H2,2H3;5,8H,2-4H2,1H3;4H,2-3,5H2,1H3;7-8H,2-3H2,1H3,(H,9,10);7H,2-3H2,1H3,(H,8,9). The molecule has 0 saturated carbocycles. The Morgan fingerprint density at radius 2 is 1.14 bits per heavy atom. The van der Waals surface area contributed by atoms with Gasteiger partial charge >= 0.3 is 0 Å². The lowest BCUT2D eigenvalue weighted by atomic mass is 10.1. The van der Waals surface area contributed by atoms with Crippen molar-refractivity contribution in [3.63, 3.8) is 0 Å². The normalized spacial score (nSPS) is 16.0. The van der Waals surface area contributed by atoms with E-state index in [4.69, 9.17) is 14.2 Å². The van der Waals surface area contributed by atoms with E-state index >= 15 is 0 Å². The summed E-state index contributed by atoms with van der Waals surface area (Å²) in [5.74, 6) is 12.4. The first kappa shape index (κ1) is 51.6. The summed E-state index contributed by atoms with van der Waals surface area (Å²) in [5, 5.41) is 19.2. The van der Waals surface area contributed by atoms with Crippen molar-refractivity contribution in [1.29, 1.82) is 0 Å². The van der Waals surface area contributed by atoms with E-state index in [1.807, 2.05) is 60.1 Å². The van der Waals surface area contributed by atoms with Crippen LogP contribution in [0.3, 0.4) is 0 Å². The summed E-state index contributed by atoms with van der Waals surface area (Å²) in [4.78, 5) is 38.8. The highest BCUT2D eigenvalue weighted by molar-refractivity contribution is 5.62. The molecule has 0 spiro atoms. The molecule has 14 rings (SSSR count). The summed E-state index contributed by atoms with van der Waals surface area (Å²) in [6.07, 6.45) is 9.54. The third-order valence-corrected chi connectivity index (χ3v) is 12.6. The molecule has 0 bridgehead atoms. The summed E-state index contributed by atoms with van der Waals surface area (Å²) in [6, 6.07) is 0. The number of anilines is 4. The summed E-state index contributed by atoms with van der Waals surface area (Å²) >= 11 is 0. The number of hydrogen-bond donors (Lipinski definition) is 9. The predicted molar refractivity (Wildman–Crippen MR) is 283 cm³/mol. The molecular formula is C50H72N20O3. The number of rotatable bonds is 0. The second kappa shape index (κ2) is 24.1. The number of H-pyrrole nitrogens is 3. The Hall–Kier alpha value is -7.79. The van der Waals surface area contributed by atoms with Crippen molar-refractivity contribution in [3.8, 4) is 5.88 Å². The number of hydrogen-bond acceptors (Lipinski definition) is 16. The molecule has 7 aliphatic rings. The van der Waals surface area contributed by atoms with Gasteiger partial charge in [0, 0.05) is 64.3 Å². The lowest BCUT2D eigenvalue weighted by molar-refractivity contribution is 0.0843. The number of imidazole rings is 7. The number of fused-ring (bicyclic) bond motifs is 7. The quantitative estimate of drug-likeness (QED) is 0.0891. The molecular weight excluding hydrogens is 929 g/mol. The van der Waals surface area contributed by atoms with Gasteiger partial charge in [0.15, 0.2) is 17.5 Å². The number of nitrogens with zero attached hydrogens (tertiary/aromatic N) is 11. The van der Waals surface area contributed by atoms with Gasteiger partial charge in [-0.25, -0.2) is 29.9 Å². The van der Waals surface area contributed by atoms with Crippen molar-refractivity contribution in [2.75, 3.05) is 73.8 Å². The Morgan fingerprint density at radius 1 is 0.521 bits per heavy atom. The minimum atomic E-state index is 0.698. The number of allylic oxidation sites excluding steroid dienone is 1. The van der Waals surface area contributed by atoms with Gasteiger partial charge in [-0.05, 0) is 61.3 Å². The molecule has 390 valence electrons. The molecule has 0 fully saturated rings. The molecule has 0 aliphatic carbocycles. The molecule has 14 heterocycles. The highest BCUT2D eigenvalue weighted by atomic mass is 16.5. The van der Waals surface area contributed by atoms with Crippen molar-refractivity contribution < 1.29 is 14.2 Å². The maximum absolute atomic E-state index is 5.26. The zero-order valence-electron chi connectivity index (χ0n) is 43.4. The molecule has 23 heteroatoms. The molecule has 7 aromatic heterocycles. The zero-order chi connectivity index (χ0) is 51.4. The second-order valence-electron chi connectivity index (χ2n) is 18.0. The van der Waals surface area contributed by atoms with E-state index in [-0.39, 0.29) is 0 Å². The van der Waals surface area contributed by atoms with E-state index in [1.165, 1.54) is 17.1 Å². The third kappa shape index (κ3) is 13.2. The van der Waals surface area contributed by atoms with Gasteiger partial charge in [0.25, 0.3) is 5.88 Å². The Labute approximate surface area is 426 Å². The highest BCUT2D eigenvalue weighted by Gasteiger charge is 2.18. The summed E-state index contributed by atoms with van der Waals surface area (Å²) in [7, 11) is 0. The number of aromatic amines is 3. The minimum absolute atomic E-state index is 0.698. The fraction of sp³-hybridized carbons (Fsp3) is 0.460. The highest BCUT2D eigenvalue weighted by Crippen LogP contribution is 2.25. The summed E-state index contributed by atoms with van der Waals surface area (Å²) in [6.45, 7) is 38.1. The van der Waals surface area contributed by atoms with Gasteiger partial charge in [0.05, 0.1) is 73.4 Å². The number of aryl methyl sites for hydroxylation is 8. The van der Waals surface area contributed by atoms with Crippen LogP contribution in [0.25, 0.3) is 11.5 Å².